The number of carbonyl (C=O) groups is 2. The molecule has 0 radical (unpaired) electrons. The summed E-state index contributed by atoms with van der Waals surface area (Å²) >= 11 is 13.4. The van der Waals surface area contributed by atoms with E-state index in [-0.39, 0.29) is 23.7 Å². The number of Topliss-reactive ketones (excluding diaryl/α,β-unsaturated/α-hetero) is 1. The van der Waals surface area contributed by atoms with Gasteiger partial charge in [0.2, 0.25) is 0 Å². The van der Waals surface area contributed by atoms with Crippen molar-refractivity contribution in [2.75, 3.05) is 7.11 Å². The molecule has 2 aliphatic rings. The second kappa shape index (κ2) is 7.51. The Morgan fingerprint density at radius 2 is 1.62 bits per heavy atom. The Bertz CT molecular complexity index is 959. The van der Waals surface area contributed by atoms with Crippen molar-refractivity contribution in [3.05, 3.63) is 83.6 Å². The molecule has 29 heavy (non-hydrogen) atoms. The first-order valence-corrected chi connectivity index (χ1v) is 10.2. The van der Waals surface area contributed by atoms with E-state index in [0.29, 0.717) is 11.1 Å². The van der Waals surface area contributed by atoms with Crippen LogP contribution in [-0.4, -0.2) is 40.2 Å². The normalized spacial score (nSPS) is 25.4. The van der Waals surface area contributed by atoms with E-state index in [1.807, 2.05) is 48.5 Å². The third-order valence-electron chi connectivity index (χ3n) is 5.82. The van der Waals surface area contributed by atoms with Gasteiger partial charge in [-0.1, -0.05) is 83.9 Å². The van der Waals surface area contributed by atoms with Gasteiger partial charge in [0.05, 0.1) is 13.2 Å². The number of ether oxygens (including phenoxy) is 1. The number of methoxy groups -OCH3 is 1. The van der Waals surface area contributed by atoms with Crippen molar-refractivity contribution in [3.8, 4) is 0 Å². The highest BCUT2D eigenvalue weighted by Gasteiger charge is 2.71. The quantitative estimate of drug-likeness (QED) is 0.396. The highest BCUT2D eigenvalue weighted by atomic mass is 35.5. The molecule has 150 valence electrons. The minimum Gasteiger partial charge on any atom is -0.467 e. The summed E-state index contributed by atoms with van der Waals surface area (Å²) in [5.74, 6) is -0.977. The molecule has 4 nitrogen and oxygen atoms in total. The highest BCUT2D eigenvalue weighted by molar-refractivity contribution is 6.52. The molecule has 1 aliphatic carbocycles. The number of allylic oxidation sites excluding steroid dienone is 1. The van der Waals surface area contributed by atoms with Crippen LogP contribution >= 0.6 is 23.2 Å². The summed E-state index contributed by atoms with van der Waals surface area (Å²) in [6, 6.07) is 18.0. The number of hydrogen-bond donors (Lipinski definition) is 0. The van der Waals surface area contributed by atoms with Crippen molar-refractivity contribution < 1.29 is 14.3 Å². The van der Waals surface area contributed by atoms with E-state index in [2.05, 4.69) is 0 Å². The van der Waals surface area contributed by atoms with E-state index < -0.39 is 16.3 Å². The zero-order chi connectivity index (χ0) is 20.8. The van der Waals surface area contributed by atoms with E-state index in [4.69, 9.17) is 27.9 Å². The zero-order valence-electron chi connectivity index (χ0n) is 16.1. The lowest BCUT2D eigenvalue weighted by molar-refractivity contribution is -0.145. The Kier molecular flexibility index (Phi) is 5.18. The van der Waals surface area contributed by atoms with Crippen molar-refractivity contribution in [2.45, 2.75) is 29.3 Å². The number of ketones is 1. The Morgan fingerprint density at radius 1 is 1.03 bits per heavy atom. The SMILES string of the molecule is COC(=O)C(C)N1C=C(C(=O)c2ccccc2)C(c2ccccc2)C2C1C2(Cl)Cl. The Balaban J connectivity index is 1.84. The minimum atomic E-state index is -1.07. The second-order valence-corrected chi connectivity index (χ2v) is 8.90. The summed E-state index contributed by atoms with van der Waals surface area (Å²) in [6.45, 7) is 1.73. The van der Waals surface area contributed by atoms with E-state index in [0.717, 1.165) is 5.56 Å². The zero-order valence-corrected chi connectivity index (χ0v) is 17.6. The molecular formula is C23H21Cl2NO3. The maximum Gasteiger partial charge on any atom is 0.328 e. The fraction of sp³-hybridized carbons (Fsp3) is 0.304. The number of nitrogens with zero attached hydrogens (tertiary/aromatic N) is 1. The molecule has 0 aromatic heterocycles. The largest absolute Gasteiger partial charge is 0.467 e. The number of hydrogen-bond acceptors (Lipinski definition) is 4. The molecule has 2 aromatic rings. The summed E-state index contributed by atoms with van der Waals surface area (Å²) in [7, 11) is 1.34. The van der Waals surface area contributed by atoms with Crippen LogP contribution in [0.4, 0.5) is 0 Å². The fourth-order valence-corrected chi connectivity index (χ4v) is 5.15. The third kappa shape index (κ3) is 3.34. The molecule has 0 bridgehead atoms. The van der Waals surface area contributed by atoms with Crippen LogP contribution in [0, 0.1) is 5.92 Å². The molecule has 0 spiro atoms. The molecule has 0 amide bonds. The van der Waals surface area contributed by atoms with Crippen molar-refractivity contribution in [1.82, 2.24) is 4.90 Å². The van der Waals surface area contributed by atoms with Gasteiger partial charge in [-0.05, 0) is 12.5 Å². The van der Waals surface area contributed by atoms with Crippen LogP contribution in [-0.2, 0) is 9.53 Å². The monoisotopic (exact) mass is 429 g/mol. The number of carbonyl (C=O) groups excluding carboxylic acids is 2. The maximum atomic E-state index is 13.5. The van der Waals surface area contributed by atoms with Gasteiger partial charge in [0.1, 0.15) is 10.4 Å². The lowest BCUT2D eigenvalue weighted by Crippen LogP contribution is -2.42. The number of halogens is 2. The van der Waals surface area contributed by atoms with Gasteiger partial charge in [-0.2, -0.15) is 0 Å². The predicted molar refractivity (Wildman–Crippen MR) is 113 cm³/mol. The molecule has 0 N–H and O–H groups in total. The average Bonchev–Trinajstić information content (AvgIpc) is 3.34. The first kappa shape index (κ1) is 20.0. The predicted octanol–water partition coefficient (Wildman–Crippen LogP) is 4.59. The summed E-state index contributed by atoms with van der Waals surface area (Å²) < 4.78 is 3.84. The number of rotatable bonds is 5. The molecule has 4 unspecified atom stereocenters. The number of benzene rings is 2. The van der Waals surface area contributed by atoms with Crippen LogP contribution in [0.1, 0.15) is 28.8 Å². The number of esters is 1. The van der Waals surface area contributed by atoms with Crippen molar-refractivity contribution >= 4 is 35.0 Å². The van der Waals surface area contributed by atoms with Crippen LogP contribution in [0.3, 0.4) is 0 Å². The van der Waals surface area contributed by atoms with Crippen LogP contribution in [0.25, 0.3) is 0 Å². The molecule has 0 saturated heterocycles. The minimum absolute atomic E-state index is 0.101. The Morgan fingerprint density at radius 3 is 2.21 bits per heavy atom. The first-order valence-electron chi connectivity index (χ1n) is 9.47. The molecule has 6 heteroatoms. The van der Waals surface area contributed by atoms with Gasteiger partial charge in [0, 0.05) is 29.2 Å². The number of alkyl halides is 2. The topological polar surface area (TPSA) is 46.6 Å². The van der Waals surface area contributed by atoms with Crippen LogP contribution in [0.5, 0.6) is 0 Å². The van der Waals surface area contributed by atoms with Gasteiger partial charge >= 0.3 is 5.97 Å². The molecule has 2 aromatic carbocycles. The highest BCUT2D eigenvalue weighted by Crippen LogP contribution is 2.66. The molecule has 1 saturated carbocycles. The third-order valence-corrected chi connectivity index (χ3v) is 6.77. The van der Waals surface area contributed by atoms with Gasteiger partial charge in [-0.15, -0.1) is 0 Å². The lowest BCUT2D eigenvalue weighted by atomic mass is 9.81. The summed E-state index contributed by atoms with van der Waals surface area (Å²) in [5.41, 5.74) is 2.13. The average molecular weight is 430 g/mol. The molecule has 1 fully saturated rings. The van der Waals surface area contributed by atoms with Crippen molar-refractivity contribution in [2.24, 2.45) is 5.92 Å². The molecule has 1 heterocycles. The Labute approximate surface area is 180 Å². The summed E-state index contributed by atoms with van der Waals surface area (Å²) in [6.07, 6.45) is 1.75. The molecule has 4 atom stereocenters. The first-order chi connectivity index (χ1) is 13.9. The van der Waals surface area contributed by atoms with Crippen molar-refractivity contribution in [1.29, 1.82) is 0 Å². The lowest BCUT2D eigenvalue weighted by Gasteiger charge is -2.33. The smallest absolute Gasteiger partial charge is 0.328 e. The second-order valence-electron chi connectivity index (χ2n) is 7.46. The van der Waals surface area contributed by atoms with Crippen molar-refractivity contribution in [3.63, 3.8) is 0 Å². The maximum absolute atomic E-state index is 13.5. The van der Waals surface area contributed by atoms with E-state index >= 15 is 0 Å². The van der Waals surface area contributed by atoms with Gasteiger partial charge in [-0.3, -0.25) is 4.79 Å². The number of fused-ring (bicyclic) bond motifs is 1. The standard InChI is InChI=1S/C23H21Cl2NO3/c1-14(22(28)29-2)26-13-17(20(27)16-11-7-4-8-12-16)18(15-9-5-3-6-10-15)19-21(26)23(19,24)25/h3-14,18-19,21H,1-2H3. The molecular weight excluding hydrogens is 409 g/mol. The van der Waals surface area contributed by atoms with Crippen LogP contribution in [0.15, 0.2) is 72.4 Å². The Hall–Kier alpha value is -2.30. The van der Waals surface area contributed by atoms with E-state index in [9.17, 15) is 9.59 Å². The van der Waals surface area contributed by atoms with Gasteiger partial charge in [0.25, 0.3) is 0 Å². The molecule has 1 aliphatic heterocycles. The van der Waals surface area contributed by atoms with Gasteiger partial charge in [0.15, 0.2) is 5.78 Å². The van der Waals surface area contributed by atoms with Gasteiger partial charge < -0.3 is 9.64 Å². The van der Waals surface area contributed by atoms with E-state index in [1.54, 1.807) is 30.2 Å². The van der Waals surface area contributed by atoms with Crippen LogP contribution in [0.2, 0.25) is 0 Å². The fourth-order valence-electron chi connectivity index (χ4n) is 4.29. The summed E-state index contributed by atoms with van der Waals surface area (Å²) in [5, 5.41) is 0. The summed E-state index contributed by atoms with van der Waals surface area (Å²) in [4.78, 5) is 27.5. The van der Waals surface area contributed by atoms with Gasteiger partial charge in [-0.25, -0.2) is 4.79 Å². The molecule has 4 rings (SSSR count). The van der Waals surface area contributed by atoms with Crippen LogP contribution < -0.4 is 0 Å². The van der Waals surface area contributed by atoms with E-state index in [1.165, 1.54) is 7.11 Å².